The number of hydrogen-bond acceptors (Lipinski definition) is 4. The van der Waals surface area contributed by atoms with Crippen LogP contribution in [0, 0.1) is 0 Å². The fourth-order valence-electron chi connectivity index (χ4n) is 2.80. The zero-order chi connectivity index (χ0) is 16.4. The van der Waals surface area contributed by atoms with Crippen LogP contribution >= 0.6 is 0 Å². The molecule has 6 heteroatoms. The van der Waals surface area contributed by atoms with Gasteiger partial charge in [-0.1, -0.05) is 12.1 Å². The molecule has 0 aliphatic carbocycles. The summed E-state index contributed by atoms with van der Waals surface area (Å²) < 4.78 is 5.46. The van der Waals surface area contributed by atoms with Crippen molar-refractivity contribution in [3.63, 3.8) is 0 Å². The van der Waals surface area contributed by atoms with Gasteiger partial charge in [0.15, 0.2) is 0 Å². The first-order valence-electron chi connectivity index (χ1n) is 8.10. The lowest BCUT2D eigenvalue weighted by Gasteiger charge is -2.34. The molecule has 2 N–H and O–H groups in total. The summed E-state index contributed by atoms with van der Waals surface area (Å²) in [7, 11) is 0. The third-order valence-corrected chi connectivity index (χ3v) is 3.80. The van der Waals surface area contributed by atoms with Gasteiger partial charge in [0.25, 0.3) is 0 Å². The summed E-state index contributed by atoms with van der Waals surface area (Å²) in [6, 6.07) is 8.11. The number of carbonyl (C=O) groups excluding carboxylic acids is 1. The second kappa shape index (κ2) is 6.10. The molecule has 2 aromatic rings. The molecule has 1 aromatic carbocycles. The number of ether oxygens (including phenoxy) is 1. The zero-order valence-electron chi connectivity index (χ0n) is 13.9. The topological polar surface area (TPSA) is 70.2 Å². The Morgan fingerprint density at radius 1 is 1.39 bits per heavy atom. The molecule has 3 rings (SSSR count). The number of piperidine rings is 1. The average molecular weight is 316 g/mol. The van der Waals surface area contributed by atoms with Crippen molar-refractivity contribution >= 4 is 23.1 Å². The van der Waals surface area contributed by atoms with Crippen LogP contribution in [0.4, 0.5) is 10.7 Å². The number of nitrogens with one attached hydrogen (secondary N) is 2. The number of carbonyl (C=O) groups is 1. The number of anilines is 1. The lowest BCUT2D eigenvalue weighted by molar-refractivity contribution is 0.0206. The van der Waals surface area contributed by atoms with E-state index in [9.17, 15) is 4.79 Å². The Balaban J connectivity index is 1.63. The first kappa shape index (κ1) is 15.6. The van der Waals surface area contributed by atoms with Gasteiger partial charge in [-0.3, -0.25) is 0 Å². The Morgan fingerprint density at radius 2 is 2.17 bits per heavy atom. The summed E-state index contributed by atoms with van der Waals surface area (Å²) in [5.41, 5.74) is 1.49. The van der Waals surface area contributed by atoms with Gasteiger partial charge in [0.05, 0.1) is 11.0 Å². The van der Waals surface area contributed by atoms with E-state index in [4.69, 9.17) is 4.74 Å². The summed E-state index contributed by atoms with van der Waals surface area (Å²) in [4.78, 5) is 21.8. The molecule has 2 heterocycles. The molecule has 1 fully saturated rings. The maximum atomic E-state index is 12.2. The van der Waals surface area contributed by atoms with E-state index < -0.39 is 5.60 Å². The molecule has 23 heavy (non-hydrogen) atoms. The van der Waals surface area contributed by atoms with Gasteiger partial charge < -0.3 is 19.9 Å². The Bertz CT molecular complexity index is 656. The Kier molecular flexibility index (Phi) is 4.15. The van der Waals surface area contributed by atoms with Crippen LogP contribution in [-0.4, -0.2) is 45.7 Å². The first-order valence-corrected chi connectivity index (χ1v) is 8.10. The molecule has 0 saturated carbocycles. The minimum absolute atomic E-state index is 0.178. The standard InChI is InChI=1S/C17H24N4O2/c1-17(2,3)23-16(22)21-10-6-7-12(11-21)18-15-19-13-8-4-5-9-14(13)20-15/h4-5,8-9,12H,6-7,10-11H2,1-3H3,(H2,18,19,20)/t12-/m1/s1. The lowest BCUT2D eigenvalue weighted by Crippen LogP contribution is -2.47. The molecule has 1 saturated heterocycles. The molecular weight excluding hydrogens is 292 g/mol. The molecular formula is C17H24N4O2. The fraction of sp³-hybridized carbons (Fsp3) is 0.529. The molecule has 1 atom stereocenters. The van der Waals surface area contributed by atoms with Crippen molar-refractivity contribution in [2.24, 2.45) is 0 Å². The quantitative estimate of drug-likeness (QED) is 0.891. The summed E-state index contributed by atoms with van der Waals surface area (Å²) in [5, 5.41) is 3.40. The highest BCUT2D eigenvalue weighted by molar-refractivity contribution is 5.77. The van der Waals surface area contributed by atoms with E-state index >= 15 is 0 Å². The Hall–Kier alpha value is -2.24. The number of aromatic amines is 1. The van der Waals surface area contributed by atoms with Crippen LogP contribution in [0.1, 0.15) is 33.6 Å². The van der Waals surface area contributed by atoms with E-state index in [0.717, 1.165) is 36.4 Å². The SMILES string of the molecule is CC(C)(C)OC(=O)N1CCC[C@@H](Nc2nc3ccccc3[nH]2)C1. The predicted molar refractivity (Wildman–Crippen MR) is 90.5 cm³/mol. The number of likely N-dealkylation sites (tertiary alicyclic amines) is 1. The van der Waals surface area contributed by atoms with E-state index in [1.54, 1.807) is 4.90 Å². The van der Waals surface area contributed by atoms with Gasteiger partial charge in [-0.05, 0) is 45.7 Å². The summed E-state index contributed by atoms with van der Waals surface area (Å²) in [5.74, 6) is 0.752. The van der Waals surface area contributed by atoms with Gasteiger partial charge in [0.2, 0.25) is 5.95 Å². The summed E-state index contributed by atoms with van der Waals surface area (Å²) >= 11 is 0. The predicted octanol–water partition coefficient (Wildman–Crippen LogP) is 3.37. The van der Waals surface area contributed by atoms with Crippen molar-refractivity contribution in [2.75, 3.05) is 18.4 Å². The summed E-state index contributed by atoms with van der Waals surface area (Å²) in [6.45, 7) is 7.04. The second-order valence-electron chi connectivity index (χ2n) is 7.01. The number of imidazole rings is 1. The van der Waals surface area contributed by atoms with Crippen LogP contribution in [-0.2, 0) is 4.74 Å². The van der Waals surface area contributed by atoms with E-state index in [2.05, 4.69) is 15.3 Å². The zero-order valence-corrected chi connectivity index (χ0v) is 13.9. The Labute approximate surface area is 136 Å². The van der Waals surface area contributed by atoms with E-state index in [-0.39, 0.29) is 12.1 Å². The van der Waals surface area contributed by atoms with Gasteiger partial charge in [-0.2, -0.15) is 0 Å². The van der Waals surface area contributed by atoms with Crippen LogP contribution in [0.5, 0.6) is 0 Å². The van der Waals surface area contributed by atoms with E-state index in [1.165, 1.54) is 0 Å². The maximum absolute atomic E-state index is 12.2. The molecule has 124 valence electrons. The van der Waals surface area contributed by atoms with E-state index in [0.29, 0.717) is 6.54 Å². The maximum Gasteiger partial charge on any atom is 0.410 e. The van der Waals surface area contributed by atoms with Crippen molar-refractivity contribution in [3.8, 4) is 0 Å². The van der Waals surface area contributed by atoms with Crippen LogP contribution in [0.3, 0.4) is 0 Å². The highest BCUT2D eigenvalue weighted by Crippen LogP contribution is 2.19. The number of benzene rings is 1. The van der Waals surface area contributed by atoms with Gasteiger partial charge in [-0.25, -0.2) is 9.78 Å². The molecule has 6 nitrogen and oxygen atoms in total. The number of nitrogens with zero attached hydrogens (tertiary/aromatic N) is 2. The first-order chi connectivity index (χ1) is 10.9. The van der Waals surface area contributed by atoms with Crippen LogP contribution < -0.4 is 5.32 Å². The number of H-pyrrole nitrogens is 1. The van der Waals surface area contributed by atoms with Crippen LogP contribution in [0.25, 0.3) is 11.0 Å². The minimum Gasteiger partial charge on any atom is -0.444 e. The monoisotopic (exact) mass is 316 g/mol. The van der Waals surface area contributed by atoms with Crippen molar-refractivity contribution in [1.29, 1.82) is 0 Å². The van der Waals surface area contributed by atoms with Crippen molar-refractivity contribution < 1.29 is 9.53 Å². The third-order valence-electron chi connectivity index (χ3n) is 3.80. The molecule has 0 radical (unpaired) electrons. The van der Waals surface area contributed by atoms with Crippen LogP contribution in [0.2, 0.25) is 0 Å². The summed E-state index contributed by atoms with van der Waals surface area (Å²) in [6.07, 6.45) is 1.72. The number of para-hydroxylation sites is 2. The molecule has 1 aliphatic rings. The van der Waals surface area contributed by atoms with Gasteiger partial charge in [0, 0.05) is 19.1 Å². The molecule has 1 aromatic heterocycles. The van der Waals surface area contributed by atoms with Gasteiger partial charge in [0.1, 0.15) is 5.60 Å². The fourth-order valence-corrected chi connectivity index (χ4v) is 2.80. The highest BCUT2D eigenvalue weighted by atomic mass is 16.6. The average Bonchev–Trinajstić information content (AvgIpc) is 2.88. The minimum atomic E-state index is -0.462. The molecule has 0 bridgehead atoms. The highest BCUT2D eigenvalue weighted by Gasteiger charge is 2.27. The number of fused-ring (bicyclic) bond motifs is 1. The molecule has 0 unspecified atom stereocenters. The molecule has 0 spiro atoms. The van der Waals surface area contributed by atoms with Crippen LogP contribution in [0.15, 0.2) is 24.3 Å². The molecule has 1 amide bonds. The number of aromatic nitrogens is 2. The lowest BCUT2D eigenvalue weighted by atomic mass is 10.1. The van der Waals surface area contributed by atoms with Crippen molar-refractivity contribution in [2.45, 2.75) is 45.3 Å². The largest absolute Gasteiger partial charge is 0.444 e. The van der Waals surface area contributed by atoms with Gasteiger partial charge >= 0.3 is 6.09 Å². The van der Waals surface area contributed by atoms with Crippen molar-refractivity contribution in [1.82, 2.24) is 14.9 Å². The number of amides is 1. The van der Waals surface area contributed by atoms with E-state index in [1.807, 2.05) is 45.0 Å². The normalized spacial score (nSPS) is 18.9. The number of hydrogen-bond donors (Lipinski definition) is 2. The molecule has 1 aliphatic heterocycles. The third kappa shape index (κ3) is 3.94. The van der Waals surface area contributed by atoms with Crippen molar-refractivity contribution in [3.05, 3.63) is 24.3 Å². The number of rotatable bonds is 2. The smallest absolute Gasteiger partial charge is 0.410 e. The van der Waals surface area contributed by atoms with Gasteiger partial charge in [-0.15, -0.1) is 0 Å². The Morgan fingerprint density at radius 3 is 2.91 bits per heavy atom. The second-order valence-corrected chi connectivity index (χ2v) is 7.01.